The molecule has 118 valence electrons. The highest BCUT2D eigenvalue weighted by Crippen LogP contribution is 2.32. The van der Waals surface area contributed by atoms with Crippen molar-refractivity contribution in [3.05, 3.63) is 16.8 Å². The Morgan fingerprint density at radius 2 is 2.05 bits per heavy atom. The highest BCUT2D eigenvalue weighted by molar-refractivity contribution is 7.18. The van der Waals surface area contributed by atoms with Gasteiger partial charge in [0.25, 0.3) is 0 Å². The fourth-order valence-corrected chi connectivity index (χ4v) is 3.86. The first-order valence-electron chi connectivity index (χ1n) is 7.93. The maximum Gasteiger partial charge on any atom is 0.158 e. The maximum atomic E-state index is 4.60. The van der Waals surface area contributed by atoms with Crippen LogP contribution in [0.1, 0.15) is 36.6 Å². The van der Waals surface area contributed by atoms with Gasteiger partial charge in [0.15, 0.2) is 5.82 Å². The van der Waals surface area contributed by atoms with Crippen LogP contribution in [0.15, 0.2) is 11.4 Å². The second-order valence-electron chi connectivity index (χ2n) is 5.82. The van der Waals surface area contributed by atoms with Gasteiger partial charge in [0.2, 0.25) is 0 Å². The van der Waals surface area contributed by atoms with Gasteiger partial charge >= 0.3 is 0 Å². The van der Waals surface area contributed by atoms with Crippen molar-refractivity contribution in [1.29, 1.82) is 0 Å². The van der Waals surface area contributed by atoms with Gasteiger partial charge in [-0.2, -0.15) is 5.10 Å². The van der Waals surface area contributed by atoms with Crippen LogP contribution in [0, 0.1) is 13.8 Å². The summed E-state index contributed by atoms with van der Waals surface area (Å²) in [5.74, 6) is 0.829. The van der Waals surface area contributed by atoms with E-state index in [1.54, 1.807) is 17.7 Å². The molecule has 2 aromatic rings. The number of likely N-dealkylation sites (tertiary alicyclic amines) is 1. The number of fused-ring (bicyclic) bond motifs is 1. The molecule has 0 spiro atoms. The molecule has 1 aliphatic heterocycles. The van der Waals surface area contributed by atoms with E-state index in [1.165, 1.54) is 29.1 Å². The molecule has 0 atom stereocenters. The van der Waals surface area contributed by atoms with E-state index in [4.69, 9.17) is 0 Å². The van der Waals surface area contributed by atoms with Crippen molar-refractivity contribution >= 4 is 33.1 Å². The Balaban J connectivity index is 1.73. The zero-order valence-electron chi connectivity index (χ0n) is 13.5. The third-order valence-electron chi connectivity index (χ3n) is 4.26. The van der Waals surface area contributed by atoms with E-state index < -0.39 is 0 Å². The average molecular weight is 317 g/mol. The van der Waals surface area contributed by atoms with Crippen molar-refractivity contribution < 1.29 is 0 Å². The molecule has 0 amide bonds. The number of aryl methyl sites for hydroxylation is 2. The fraction of sp³-hybridized carbons (Fsp3) is 0.562. The highest BCUT2D eigenvalue weighted by Gasteiger charge is 2.15. The largest absolute Gasteiger partial charge is 0.303 e. The molecule has 6 heteroatoms. The molecule has 1 N–H and O–H groups in total. The van der Waals surface area contributed by atoms with Crippen LogP contribution < -0.4 is 5.43 Å². The summed E-state index contributed by atoms with van der Waals surface area (Å²) in [5, 5.41) is 5.71. The lowest BCUT2D eigenvalue weighted by atomic mass is 10.1. The third kappa shape index (κ3) is 3.13. The molecule has 2 aromatic heterocycles. The van der Waals surface area contributed by atoms with Crippen LogP contribution in [0.3, 0.4) is 0 Å². The first kappa shape index (κ1) is 15.4. The van der Waals surface area contributed by atoms with Gasteiger partial charge in [0.1, 0.15) is 11.2 Å². The summed E-state index contributed by atoms with van der Waals surface area (Å²) in [5.41, 5.74) is 5.67. The second-order valence-corrected chi connectivity index (χ2v) is 7.02. The van der Waals surface area contributed by atoms with Gasteiger partial charge in [-0.05, 0) is 32.4 Å². The molecule has 3 heterocycles. The summed E-state index contributed by atoms with van der Waals surface area (Å²) >= 11 is 1.71. The predicted octanol–water partition coefficient (Wildman–Crippen LogP) is 3.58. The molecular weight excluding hydrogens is 294 g/mol. The topological polar surface area (TPSA) is 53.4 Å². The Hall–Kier alpha value is -1.53. The third-order valence-corrected chi connectivity index (χ3v) is 5.37. The predicted molar refractivity (Wildman–Crippen MR) is 93.9 cm³/mol. The second kappa shape index (κ2) is 6.71. The van der Waals surface area contributed by atoms with Gasteiger partial charge in [-0.15, -0.1) is 11.3 Å². The van der Waals surface area contributed by atoms with Crippen molar-refractivity contribution in [1.82, 2.24) is 14.9 Å². The quantitative estimate of drug-likeness (QED) is 0.876. The van der Waals surface area contributed by atoms with E-state index >= 15 is 0 Å². The van der Waals surface area contributed by atoms with Gasteiger partial charge < -0.3 is 4.90 Å². The number of hydrogen-bond acceptors (Lipinski definition) is 6. The van der Waals surface area contributed by atoms with E-state index in [2.05, 4.69) is 46.2 Å². The standard InChI is InChI=1S/C16H23N5S/c1-4-7-21-8-5-13(6-9-21)19-20-15-14-11(2)12(3)22-16(14)18-10-17-15/h10H,4-9H2,1-3H3,(H,17,18,20). The molecule has 0 aliphatic carbocycles. The molecule has 0 bridgehead atoms. The lowest BCUT2D eigenvalue weighted by Gasteiger charge is -2.26. The SMILES string of the molecule is CCCN1CCC(=NNc2ncnc3sc(C)c(C)c23)CC1. The summed E-state index contributed by atoms with van der Waals surface area (Å²) in [7, 11) is 0. The van der Waals surface area contributed by atoms with Gasteiger partial charge in [0, 0.05) is 36.5 Å². The number of hydrazone groups is 1. The minimum Gasteiger partial charge on any atom is -0.303 e. The molecule has 0 radical (unpaired) electrons. The zero-order valence-corrected chi connectivity index (χ0v) is 14.3. The van der Waals surface area contributed by atoms with Crippen LogP contribution in [-0.2, 0) is 0 Å². The van der Waals surface area contributed by atoms with E-state index in [-0.39, 0.29) is 0 Å². The number of anilines is 1. The van der Waals surface area contributed by atoms with Crippen LogP contribution in [0.25, 0.3) is 10.2 Å². The first-order valence-corrected chi connectivity index (χ1v) is 8.75. The summed E-state index contributed by atoms with van der Waals surface area (Å²) in [6, 6.07) is 0. The molecule has 1 fully saturated rings. The number of piperidine rings is 1. The van der Waals surface area contributed by atoms with Crippen molar-refractivity contribution in [2.45, 2.75) is 40.0 Å². The number of rotatable bonds is 4. The van der Waals surface area contributed by atoms with Crippen LogP contribution in [0.4, 0.5) is 5.82 Å². The van der Waals surface area contributed by atoms with Crippen LogP contribution in [-0.4, -0.2) is 40.2 Å². The average Bonchev–Trinajstić information content (AvgIpc) is 2.82. The molecule has 1 aliphatic rings. The van der Waals surface area contributed by atoms with Crippen LogP contribution in [0.2, 0.25) is 0 Å². The van der Waals surface area contributed by atoms with E-state index in [0.717, 1.165) is 42.0 Å². The van der Waals surface area contributed by atoms with Crippen LogP contribution >= 0.6 is 11.3 Å². The lowest BCUT2D eigenvalue weighted by molar-refractivity contribution is 0.275. The summed E-state index contributed by atoms with van der Waals surface area (Å²) in [4.78, 5) is 13.6. The van der Waals surface area contributed by atoms with Gasteiger partial charge in [-0.3, -0.25) is 5.43 Å². The summed E-state index contributed by atoms with van der Waals surface area (Å²) in [6.07, 6.45) is 4.93. The Kier molecular flexibility index (Phi) is 4.69. The Labute approximate surface area is 135 Å². The zero-order chi connectivity index (χ0) is 15.5. The molecule has 0 unspecified atom stereocenters. The van der Waals surface area contributed by atoms with Crippen molar-refractivity contribution in [3.8, 4) is 0 Å². The van der Waals surface area contributed by atoms with Gasteiger partial charge in [-0.1, -0.05) is 6.92 Å². The molecule has 5 nitrogen and oxygen atoms in total. The Bertz CT molecular complexity index is 681. The number of nitrogens with one attached hydrogen (secondary N) is 1. The minimum atomic E-state index is 0.829. The van der Waals surface area contributed by atoms with Crippen LogP contribution in [0.5, 0.6) is 0 Å². The molecule has 1 saturated heterocycles. The molecule has 22 heavy (non-hydrogen) atoms. The van der Waals surface area contributed by atoms with Gasteiger partial charge in [0.05, 0.1) is 5.39 Å². The first-order chi connectivity index (χ1) is 10.7. The normalized spacial score (nSPS) is 16.2. The molecule has 3 rings (SSSR count). The fourth-order valence-electron chi connectivity index (χ4n) is 2.86. The number of aromatic nitrogens is 2. The van der Waals surface area contributed by atoms with Crippen molar-refractivity contribution in [3.63, 3.8) is 0 Å². The number of hydrogen-bond donors (Lipinski definition) is 1. The molecule has 0 saturated carbocycles. The highest BCUT2D eigenvalue weighted by atomic mass is 32.1. The lowest BCUT2D eigenvalue weighted by Crippen LogP contribution is -2.34. The minimum absolute atomic E-state index is 0.829. The summed E-state index contributed by atoms with van der Waals surface area (Å²) in [6.45, 7) is 9.91. The smallest absolute Gasteiger partial charge is 0.158 e. The number of nitrogens with zero attached hydrogens (tertiary/aromatic N) is 4. The maximum absolute atomic E-state index is 4.60. The van der Waals surface area contributed by atoms with E-state index in [1.807, 2.05) is 0 Å². The van der Waals surface area contributed by atoms with E-state index in [9.17, 15) is 0 Å². The monoisotopic (exact) mass is 317 g/mol. The van der Waals surface area contributed by atoms with Gasteiger partial charge in [-0.25, -0.2) is 9.97 Å². The summed E-state index contributed by atoms with van der Waals surface area (Å²) < 4.78 is 0. The molecular formula is C16H23N5S. The molecule has 0 aromatic carbocycles. The van der Waals surface area contributed by atoms with Crippen molar-refractivity contribution in [2.75, 3.05) is 25.1 Å². The Morgan fingerprint density at radius 3 is 2.77 bits per heavy atom. The Morgan fingerprint density at radius 1 is 1.27 bits per heavy atom. The number of thiophene rings is 1. The van der Waals surface area contributed by atoms with Crippen molar-refractivity contribution in [2.24, 2.45) is 5.10 Å². The van der Waals surface area contributed by atoms with E-state index in [0.29, 0.717) is 0 Å².